The first kappa shape index (κ1) is 17.8. The van der Waals surface area contributed by atoms with Gasteiger partial charge in [-0.25, -0.2) is 4.79 Å². The first-order valence-electron chi connectivity index (χ1n) is 8.86. The van der Waals surface area contributed by atoms with Gasteiger partial charge in [0.05, 0.1) is 0 Å². The van der Waals surface area contributed by atoms with Crippen LogP contribution in [0.4, 0.5) is 4.79 Å². The van der Waals surface area contributed by atoms with Crippen LogP contribution in [0.25, 0.3) is 0 Å². The minimum atomic E-state index is 0.0329. The van der Waals surface area contributed by atoms with E-state index in [1.807, 2.05) is 35.2 Å². The molecule has 0 bridgehead atoms. The first-order chi connectivity index (χ1) is 11.7. The highest BCUT2D eigenvalue weighted by molar-refractivity contribution is 14.1. The predicted molar refractivity (Wildman–Crippen MR) is 104 cm³/mol. The molecule has 2 heterocycles. The fourth-order valence-corrected chi connectivity index (χ4v) is 4.37. The number of benzene rings is 1. The fourth-order valence-electron chi connectivity index (χ4n) is 3.34. The molecule has 0 aliphatic carbocycles. The van der Waals surface area contributed by atoms with Crippen LogP contribution in [0.5, 0.6) is 5.75 Å². The quantitative estimate of drug-likeness (QED) is 0.432. The van der Waals surface area contributed by atoms with Crippen LogP contribution in [0.15, 0.2) is 30.3 Å². The number of rotatable bonds is 5. The van der Waals surface area contributed by atoms with Crippen molar-refractivity contribution in [3.63, 3.8) is 0 Å². The van der Waals surface area contributed by atoms with Crippen LogP contribution >= 0.6 is 22.6 Å². The molecule has 0 aromatic heterocycles. The maximum absolute atomic E-state index is 12.4. The Balaban J connectivity index is 1.42. The number of hydrogen-bond acceptors (Lipinski definition) is 3. The highest BCUT2D eigenvalue weighted by Gasteiger charge is 2.36. The number of halogens is 1. The Morgan fingerprint density at radius 1 is 1.17 bits per heavy atom. The molecule has 1 aromatic rings. The molecule has 0 radical (unpaired) electrons. The lowest BCUT2D eigenvalue weighted by Crippen LogP contribution is -2.46. The molecule has 0 saturated carbocycles. The summed E-state index contributed by atoms with van der Waals surface area (Å²) in [5.41, 5.74) is 0. The molecular weight excluding hydrogens is 417 g/mol. The van der Waals surface area contributed by atoms with Gasteiger partial charge >= 0.3 is 6.03 Å². The van der Waals surface area contributed by atoms with E-state index >= 15 is 0 Å². The number of para-hydroxylation sites is 1. The topological polar surface area (TPSA) is 44.8 Å². The first-order valence-corrected chi connectivity index (χ1v) is 10.1. The minimum absolute atomic E-state index is 0.0329. The molecule has 2 aliphatic rings. The monoisotopic (exact) mass is 443 g/mol. The molecule has 2 fully saturated rings. The smallest absolute Gasteiger partial charge is 0.318 e. The molecule has 0 spiro atoms. The maximum atomic E-state index is 12.4. The van der Waals surface area contributed by atoms with Crippen molar-refractivity contribution < 1.29 is 9.53 Å². The summed E-state index contributed by atoms with van der Waals surface area (Å²) in [6.07, 6.45) is 4.85. The molecule has 2 saturated heterocycles. The third kappa shape index (κ3) is 4.75. The molecule has 132 valence electrons. The average Bonchev–Trinajstić information content (AvgIpc) is 2.97. The summed E-state index contributed by atoms with van der Waals surface area (Å²) in [6, 6.07) is 9.88. The number of likely N-dealkylation sites (tertiary alicyclic amines) is 2. The van der Waals surface area contributed by atoms with Crippen LogP contribution in [-0.4, -0.2) is 58.7 Å². The van der Waals surface area contributed by atoms with Crippen molar-refractivity contribution in [3.8, 4) is 5.75 Å². The normalized spacial score (nSPS) is 24.8. The van der Waals surface area contributed by atoms with Gasteiger partial charge in [-0.2, -0.15) is 0 Å². The number of carbonyl (C=O) groups excluding carboxylic acids is 1. The molecule has 5 nitrogen and oxygen atoms in total. The van der Waals surface area contributed by atoms with Crippen LogP contribution in [0, 0.1) is 0 Å². The molecule has 2 amide bonds. The number of amides is 2. The van der Waals surface area contributed by atoms with Gasteiger partial charge in [0.2, 0.25) is 0 Å². The number of hydrogen-bond donors (Lipinski definition) is 1. The number of alkyl halides is 1. The molecule has 24 heavy (non-hydrogen) atoms. The zero-order valence-electron chi connectivity index (χ0n) is 14.0. The van der Waals surface area contributed by atoms with Gasteiger partial charge in [0, 0.05) is 26.1 Å². The number of carbonyl (C=O) groups is 1. The summed E-state index contributed by atoms with van der Waals surface area (Å²) in [6.45, 7) is 4.77. The number of piperidine rings is 1. The van der Waals surface area contributed by atoms with Gasteiger partial charge in [-0.15, -0.1) is 0 Å². The van der Waals surface area contributed by atoms with E-state index in [1.165, 1.54) is 32.4 Å². The molecule has 1 N–H and O–H groups in total. The molecule has 1 aromatic carbocycles. The molecule has 6 heteroatoms. The van der Waals surface area contributed by atoms with Gasteiger partial charge in [0.25, 0.3) is 0 Å². The van der Waals surface area contributed by atoms with Crippen LogP contribution in [0.2, 0.25) is 0 Å². The SMILES string of the molecule is O=C(NCCN1CCCCC1)N1CCC(Oc2ccccc2)C1I. The van der Waals surface area contributed by atoms with Gasteiger partial charge in [-0.1, -0.05) is 47.2 Å². The summed E-state index contributed by atoms with van der Waals surface area (Å²) in [5, 5.41) is 3.07. The van der Waals surface area contributed by atoms with Crippen molar-refractivity contribution in [2.45, 2.75) is 35.8 Å². The second kappa shape index (κ2) is 8.89. The van der Waals surface area contributed by atoms with E-state index in [4.69, 9.17) is 4.74 Å². The maximum Gasteiger partial charge on any atom is 0.318 e. The average molecular weight is 443 g/mol. The van der Waals surface area contributed by atoms with Gasteiger partial charge < -0.3 is 19.9 Å². The predicted octanol–water partition coefficient (Wildman–Crippen LogP) is 3.10. The number of urea groups is 1. The van der Waals surface area contributed by atoms with E-state index in [2.05, 4.69) is 32.8 Å². The lowest BCUT2D eigenvalue weighted by atomic mass is 10.1. The van der Waals surface area contributed by atoms with Crippen molar-refractivity contribution in [1.82, 2.24) is 15.1 Å². The van der Waals surface area contributed by atoms with E-state index in [0.717, 1.165) is 31.8 Å². The second-order valence-electron chi connectivity index (χ2n) is 6.46. The Bertz CT molecular complexity index is 522. The molecule has 3 rings (SSSR count). The molecule has 2 aliphatic heterocycles. The van der Waals surface area contributed by atoms with Crippen molar-refractivity contribution in [2.24, 2.45) is 0 Å². The summed E-state index contributed by atoms with van der Waals surface area (Å²) in [7, 11) is 0. The zero-order chi connectivity index (χ0) is 16.8. The summed E-state index contributed by atoms with van der Waals surface area (Å²) < 4.78 is 6.10. The van der Waals surface area contributed by atoms with Crippen molar-refractivity contribution in [3.05, 3.63) is 30.3 Å². The van der Waals surface area contributed by atoms with Crippen LogP contribution in [0.3, 0.4) is 0 Å². The molecule has 2 atom stereocenters. The summed E-state index contributed by atoms with van der Waals surface area (Å²) in [4.78, 5) is 16.8. The highest BCUT2D eigenvalue weighted by atomic mass is 127. The Morgan fingerprint density at radius 3 is 2.67 bits per heavy atom. The van der Waals surface area contributed by atoms with Crippen molar-refractivity contribution in [1.29, 1.82) is 0 Å². The third-order valence-corrected chi connectivity index (χ3v) is 6.18. The standard InChI is InChI=1S/C18H26IN3O2/c19-17-16(24-15-7-3-1-4-8-15)9-13-22(17)18(23)20-10-14-21-11-5-2-6-12-21/h1,3-4,7-8,16-17H,2,5-6,9-14H2,(H,20,23). The minimum Gasteiger partial charge on any atom is -0.487 e. The van der Waals surface area contributed by atoms with Gasteiger partial charge in [-0.05, 0) is 38.1 Å². The Labute approximate surface area is 157 Å². The van der Waals surface area contributed by atoms with Gasteiger partial charge in [-0.3, -0.25) is 0 Å². The Hall–Kier alpha value is -1.02. The van der Waals surface area contributed by atoms with E-state index < -0.39 is 0 Å². The van der Waals surface area contributed by atoms with E-state index in [-0.39, 0.29) is 16.2 Å². The Kier molecular flexibility index (Phi) is 6.59. The largest absolute Gasteiger partial charge is 0.487 e. The fraction of sp³-hybridized carbons (Fsp3) is 0.611. The highest BCUT2D eigenvalue weighted by Crippen LogP contribution is 2.27. The Morgan fingerprint density at radius 2 is 1.92 bits per heavy atom. The van der Waals surface area contributed by atoms with E-state index in [9.17, 15) is 4.79 Å². The van der Waals surface area contributed by atoms with Gasteiger partial charge in [0.1, 0.15) is 15.9 Å². The number of ether oxygens (including phenoxy) is 1. The van der Waals surface area contributed by atoms with Gasteiger partial charge in [0.15, 0.2) is 0 Å². The molecular formula is C18H26IN3O2. The second-order valence-corrected chi connectivity index (χ2v) is 7.73. The van der Waals surface area contributed by atoms with Crippen LogP contribution in [-0.2, 0) is 0 Å². The zero-order valence-corrected chi connectivity index (χ0v) is 16.2. The summed E-state index contributed by atoms with van der Waals surface area (Å²) in [5.74, 6) is 0.872. The number of nitrogens with zero attached hydrogens (tertiary/aromatic N) is 2. The van der Waals surface area contributed by atoms with E-state index in [1.54, 1.807) is 0 Å². The third-order valence-electron chi connectivity index (χ3n) is 4.70. The number of nitrogens with one attached hydrogen (secondary N) is 1. The van der Waals surface area contributed by atoms with Crippen LogP contribution in [0.1, 0.15) is 25.7 Å². The lowest BCUT2D eigenvalue weighted by molar-refractivity contribution is 0.178. The van der Waals surface area contributed by atoms with Crippen molar-refractivity contribution >= 4 is 28.6 Å². The summed E-state index contributed by atoms with van der Waals surface area (Å²) >= 11 is 2.32. The van der Waals surface area contributed by atoms with Crippen molar-refractivity contribution in [2.75, 3.05) is 32.7 Å². The lowest BCUT2D eigenvalue weighted by Gasteiger charge is -2.27. The van der Waals surface area contributed by atoms with E-state index in [0.29, 0.717) is 0 Å². The van der Waals surface area contributed by atoms with Crippen LogP contribution < -0.4 is 10.1 Å². The molecule has 2 unspecified atom stereocenters.